The predicted molar refractivity (Wildman–Crippen MR) is 77.0 cm³/mol. The Balaban J connectivity index is 2.07. The number of hydrogen-bond donors (Lipinski definition) is 2. The van der Waals surface area contributed by atoms with E-state index in [9.17, 15) is 8.42 Å². The molecular weight excluding hydrogens is 276 g/mol. The Kier molecular flexibility index (Phi) is 5.15. The molecule has 6 heteroatoms. The van der Waals surface area contributed by atoms with Gasteiger partial charge in [0.1, 0.15) is 6.61 Å². The summed E-state index contributed by atoms with van der Waals surface area (Å²) in [6.45, 7) is 1.16. The molecule has 20 heavy (non-hydrogen) atoms. The van der Waals surface area contributed by atoms with Gasteiger partial charge in [0.05, 0.1) is 0 Å². The maximum Gasteiger partial charge on any atom is 0.279 e. The predicted octanol–water partition coefficient (Wildman–Crippen LogP) is 0.461. The van der Waals surface area contributed by atoms with Gasteiger partial charge in [-0.1, -0.05) is 30.0 Å². The van der Waals surface area contributed by atoms with Gasteiger partial charge >= 0.3 is 0 Å². The summed E-state index contributed by atoms with van der Waals surface area (Å²) < 4.78 is 28.2. The minimum absolute atomic E-state index is 0.203. The van der Waals surface area contributed by atoms with Gasteiger partial charge < -0.3 is 5.11 Å². The molecule has 1 saturated heterocycles. The summed E-state index contributed by atoms with van der Waals surface area (Å²) >= 11 is 0. The quantitative estimate of drug-likeness (QED) is 0.793. The Labute approximate surface area is 119 Å². The van der Waals surface area contributed by atoms with Crippen molar-refractivity contribution in [1.82, 2.24) is 9.03 Å². The van der Waals surface area contributed by atoms with E-state index < -0.39 is 10.2 Å². The van der Waals surface area contributed by atoms with E-state index in [2.05, 4.69) is 16.6 Å². The number of rotatable bonds is 4. The first-order valence-corrected chi connectivity index (χ1v) is 8.00. The third-order valence-corrected chi connectivity index (χ3v) is 4.72. The Morgan fingerprint density at radius 2 is 1.95 bits per heavy atom. The lowest BCUT2D eigenvalue weighted by molar-refractivity contribution is 0.350. The van der Waals surface area contributed by atoms with Crippen LogP contribution >= 0.6 is 0 Å². The maximum absolute atomic E-state index is 12.1. The molecule has 5 nitrogen and oxygen atoms in total. The lowest BCUT2D eigenvalue weighted by Gasteiger charge is -2.16. The Morgan fingerprint density at radius 1 is 1.25 bits per heavy atom. The summed E-state index contributed by atoms with van der Waals surface area (Å²) in [7, 11) is -3.41. The molecular formula is C14H18N2O3S. The number of aliphatic hydroxyl groups is 1. The average Bonchev–Trinajstić information content (AvgIpc) is 2.99. The van der Waals surface area contributed by atoms with Crippen molar-refractivity contribution in [1.29, 1.82) is 0 Å². The molecule has 0 saturated carbocycles. The van der Waals surface area contributed by atoms with Crippen LogP contribution in [-0.2, 0) is 16.8 Å². The topological polar surface area (TPSA) is 69.6 Å². The molecule has 1 aliphatic rings. The lowest BCUT2D eigenvalue weighted by atomic mass is 10.1. The molecule has 0 aromatic heterocycles. The third kappa shape index (κ3) is 3.81. The van der Waals surface area contributed by atoms with Crippen LogP contribution in [0.4, 0.5) is 0 Å². The van der Waals surface area contributed by atoms with Gasteiger partial charge in [-0.15, -0.1) is 0 Å². The molecule has 0 radical (unpaired) electrons. The zero-order chi connectivity index (χ0) is 14.4. The average molecular weight is 294 g/mol. The fourth-order valence-electron chi connectivity index (χ4n) is 2.12. The molecule has 1 aliphatic heterocycles. The summed E-state index contributed by atoms with van der Waals surface area (Å²) in [6, 6.07) is 7.31. The smallest absolute Gasteiger partial charge is 0.279 e. The molecule has 108 valence electrons. The van der Waals surface area contributed by atoms with Crippen LogP contribution in [0.1, 0.15) is 24.0 Å². The van der Waals surface area contributed by atoms with E-state index in [1.807, 2.05) is 24.3 Å². The fourth-order valence-corrected chi connectivity index (χ4v) is 3.38. The van der Waals surface area contributed by atoms with Crippen molar-refractivity contribution in [3.8, 4) is 11.8 Å². The van der Waals surface area contributed by atoms with E-state index in [1.165, 1.54) is 4.31 Å². The van der Waals surface area contributed by atoms with Gasteiger partial charge in [0.2, 0.25) is 0 Å². The van der Waals surface area contributed by atoms with Gasteiger partial charge in [0.15, 0.2) is 0 Å². The molecule has 2 N–H and O–H groups in total. The molecule has 2 rings (SSSR count). The number of aliphatic hydroxyl groups excluding tert-OH is 1. The largest absolute Gasteiger partial charge is 0.384 e. The molecule has 1 heterocycles. The normalized spacial score (nSPS) is 15.8. The van der Waals surface area contributed by atoms with Crippen molar-refractivity contribution in [2.24, 2.45) is 0 Å². The highest BCUT2D eigenvalue weighted by Gasteiger charge is 2.24. The zero-order valence-electron chi connectivity index (χ0n) is 11.2. The standard InChI is InChI=1S/C14H18N2O3S/c17-11-5-8-13-6-1-2-7-14(13)12-15-20(18,19)16-9-3-4-10-16/h1-2,6-7,15,17H,3-4,9-12H2. The van der Waals surface area contributed by atoms with Crippen molar-refractivity contribution in [2.45, 2.75) is 19.4 Å². The molecule has 0 amide bonds. The minimum Gasteiger partial charge on any atom is -0.384 e. The van der Waals surface area contributed by atoms with Crippen molar-refractivity contribution < 1.29 is 13.5 Å². The third-order valence-electron chi connectivity index (χ3n) is 3.17. The van der Waals surface area contributed by atoms with E-state index in [1.54, 1.807) is 0 Å². The highest BCUT2D eigenvalue weighted by molar-refractivity contribution is 7.87. The fraction of sp³-hybridized carbons (Fsp3) is 0.429. The summed E-state index contributed by atoms with van der Waals surface area (Å²) in [5.41, 5.74) is 1.53. The lowest BCUT2D eigenvalue weighted by Crippen LogP contribution is -2.38. The van der Waals surface area contributed by atoms with Crippen LogP contribution < -0.4 is 4.72 Å². The Hall–Kier alpha value is -1.39. The molecule has 0 spiro atoms. The van der Waals surface area contributed by atoms with Crippen LogP contribution in [0.15, 0.2) is 24.3 Å². The molecule has 0 atom stereocenters. The number of nitrogens with zero attached hydrogens (tertiary/aromatic N) is 1. The highest BCUT2D eigenvalue weighted by atomic mass is 32.2. The van der Waals surface area contributed by atoms with Gasteiger partial charge in [0, 0.05) is 25.2 Å². The van der Waals surface area contributed by atoms with Crippen molar-refractivity contribution in [2.75, 3.05) is 19.7 Å². The van der Waals surface area contributed by atoms with E-state index in [4.69, 9.17) is 5.11 Å². The van der Waals surface area contributed by atoms with Crippen molar-refractivity contribution >= 4 is 10.2 Å². The summed E-state index contributed by atoms with van der Waals surface area (Å²) in [4.78, 5) is 0. The first-order valence-electron chi connectivity index (χ1n) is 6.56. The van der Waals surface area contributed by atoms with E-state index >= 15 is 0 Å². The first kappa shape index (κ1) is 15.0. The van der Waals surface area contributed by atoms with Gasteiger partial charge in [-0.3, -0.25) is 0 Å². The summed E-state index contributed by atoms with van der Waals surface area (Å²) in [6.07, 6.45) is 1.83. The van der Waals surface area contributed by atoms with Crippen molar-refractivity contribution in [3.63, 3.8) is 0 Å². The second-order valence-electron chi connectivity index (χ2n) is 4.55. The first-order chi connectivity index (χ1) is 9.63. The van der Waals surface area contributed by atoms with Crippen LogP contribution in [0.3, 0.4) is 0 Å². The van der Waals surface area contributed by atoms with Crippen LogP contribution in [0.25, 0.3) is 0 Å². The SMILES string of the molecule is O=S(=O)(NCc1ccccc1C#CCO)N1CCCC1. The van der Waals surface area contributed by atoms with Crippen LogP contribution in [0, 0.1) is 11.8 Å². The number of benzene rings is 1. The van der Waals surface area contributed by atoms with E-state index in [0.29, 0.717) is 13.1 Å². The van der Waals surface area contributed by atoms with Gasteiger partial charge in [-0.25, -0.2) is 0 Å². The molecule has 0 aliphatic carbocycles. The van der Waals surface area contributed by atoms with E-state index in [-0.39, 0.29) is 13.2 Å². The summed E-state index contributed by atoms with van der Waals surface area (Å²) in [5, 5.41) is 8.73. The van der Waals surface area contributed by atoms with Crippen LogP contribution in [0.2, 0.25) is 0 Å². The molecule has 0 unspecified atom stereocenters. The van der Waals surface area contributed by atoms with E-state index in [0.717, 1.165) is 24.0 Å². The molecule has 1 aromatic rings. The number of hydrogen-bond acceptors (Lipinski definition) is 3. The molecule has 0 bridgehead atoms. The molecule has 1 aromatic carbocycles. The highest BCUT2D eigenvalue weighted by Crippen LogP contribution is 2.13. The Bertz CT molecular complexity index is 611. The zero-order valence-corrected chi connectivity index (χ0v) is 12.0. The second kappa shape index (κ2) is 6.86. The van der Waals surface area contributed by atoms with Gasteiger partial charge in [0.25, 0.3) is 10.2 Å². The monoisotopic (exact) mass is 294 g/mol. The van der Waals surface area contributed by atoms with Crippen molar-refractivity contribution in [3.05, 3.63) is 35.4 Å². The summed E-state index contributed by atoms with van der Waals surface area (Å²) in [5.74, 6) is 5.40. The van der Waals surface area contributed by atoms with Gasteiger partial charge in [-0.05, 0) is 24.5 Å². The second-order valence-corrected chi connectivity index (χ2v) is 6.30. The van der Waals surface area contributed by atoms with Crippen LogP contribution in [-0.4, -0.2) is 37.5 Å². The van der Waals surface area contributed by atoms with Crippen LogP contribution in [0.5, 0.6) is 0 Å². The number of nitrogens with one attached hydrogen (secondary N) is 1. The van der Waals surface area contributed by atoms with Gasteiger partial charge in [-0.2, -0.15) is 17.4 Å². The minimum atomic E-state index is -3.41. The molecule has 1 fully saturated rings. The Morgan fingerprint density at radius 3 is 2.65 bits per heavy atom. The maximum atomic E-state index is 12.1.